The summed E-state index contributed by atoms with van der Waals surface area (Å²) in [5, 5.41) is 4.47. The van der Waals surface area contributed by atoms with Crippen LogP contribution in [-0.4, -0.2) is 34.3 Å². The number of rotatable bonds is 9. The quantitative estimate of drug-likeness (QED) is 0.393. The number of nitrogens with one attached hydrogen (secondary N) is 1. The second kappa shape index (κ2) is 11.7. The van der Waals surface area contributed by atoms with E-state index < -0.39 is 17.7 Å². The fourth-order valence-electron chi connectivity index (χ4n) is 3.45. The molecule has 180 valence electrons. The number of carbonyl (C=O) groups excluding carboxylic acids is 2. The summed E-state index contributed by atoms with van der Waals surface area (Å²) in [6.45, 7) is 6.41. The molecule has 1 aromatic heterocycles. The molecule has 0 aliphatic heterocycles. The van der Waals surface area contributed by atoms with Crippen molar-refractivity contribution in [3.63, 3.8) is 0 Å². The lowest BCUT2D eigenvalue weighted by Crippen LogP contribution is -2.48. The topological polar surface area (TPSA) is 52.7 Å². The van der Waals surface area contributed by atoms with Gasteiger partial charge in [-0.15, -0.1) is 11.3 Å². The van der Waals surface area contributed by atoms with Crippen molar-refractivity contribution >= 4 is 29.0 Å². The Bertz CT molecular complexity index is 1120. The zero-order valence-electron chi connectivity index (χ0n) is 19.6. The van der Waals surface area contributed by atoms with Gasteiger partial charge < -0.3 is 15.1 Å². The number of amides is 3. The third-order valence-electron chi connectivity index (χ3n) is 5.73. The van der Waals surface area contributed by atoms with Crippen LogP contribution in [0.1, 0.15) is 36.3 Å². The smallest absolute Gasteiger partial charge is 0.322 e. The van der Waals surface area contributed by atoms with Gasteiger partial charge in [-0.1, -0.05) is 37.3 Å². The fourth-order valence-corrected chi connectivity index (χ4v) is 4.37. The number of nitrogens with zero attached hydrogens (tertiary/aromatic N) is 2. The van der Waals surface area contributed by atoms with E-state index in [1.54, 1.807) is 16.2 Å². The molecular weight excluding hydrogens is 456 g/mol. The standard InChI is InChI=1S/C26H29F2N3O2S/c1-4-19(3)31(26(33)29-23-11-10-21(27)14-22(23)28)17-25(32)30(15-20-8-6-5-7-9-20)16-24-18(2)12-13-34-24/h5-14,19H,4,15-17H2,1-3H3,(H,29,33). The van der Waals surface area contributed by atoms with Crippen molar-refractivity contribution in [2.24, 2.45) is 0 Å². The van der Waals surface area contributed by atoms with E-state index in [0.717, 1.165) is 22.1 Å². The predicted octanol–water partition coefficient (Wildman–Crippen LogP) is 6.20. The normalized spacial score (nSPS) is 11.7. The highest BCUT2D eigenvalue weighted by atomic mass is 32.1. The minimum absolute atomic E-state index is 0.137. The van der Waals surface area contributed by atoms with Gasteiger partial charge in [-0.05, 0) is 55.0 Å². The van der Waals surface area contributed by atoms with Gasteiger partial charge in [0.2, 0.25) is 5.91 Å². The van der Waals surface area contributed by atoms with E-state index in [-0.39, 0.29) is 24.2 Å². The number of carbonyl (C=O) groups is 2. The maximum Gasteiger partial charge on any atom is 0.322 e. The minimum atomic E-state index is -0.873. The van der Waals surface area contributed by atoms with Crippen molar-refractivity contribution in [2.45, 2.75) is 46.3 Å². The first kappa shape index (κ1) is 25.4. The molecule has 1 heterocycles. The monoisotopic (exact) mass is 485 g/mol. The van der Waals surface area contributed by atoms with Gasteiger partial charge in [-0.25, -0.2) is 13.6 Å². The maximum absolute atomic E-state index is 14.1. The lowest BCUT2D eigenvalue weighted by Gasteiger charge is -2.31. The molecule has 34 heavy (non-hydrogen) atoms. The molecule has 0 spiro atoms. The van der Waals surface area contributed by atoms with Gasteiger partial charge in [0.25, 0.3) is 0 Å². The fraction of sp³-hybridized carbons (Fsp3) is 0.308. The molecule has 1 unspecified atom stereocenters. The molecule has 0 fully saturated rings. The Morgan fingerprint density at radius 2 is 1.79 bits per heavy atom. The van der Waals surface area contributed by atoms with Crippen LogP contribution in [0.25, 0.3) is 0 Å². The van der Waals surface area contributed by atoms with Crippen LogP contribution in [0.15, 0.2) is 60.0 Å². The van der Waals surface area contributed by atoms with Crippen molar-refractivity contribution in [3.8, 4) is 0 Å². The second-order valence-electron chi connectivity index (χ2n) is 8.20. The van der Waals surface area contributed by atoms with E-state index in [4.69, 9.17) is 0 Å². The SMILES string of the molecule is CCC(C)N(CC(=O)N(Cc1ccccc1)Cc1sccc1C)C(=O)Nc1ccc(F)cc1F. The maximum atomic E-state index is 14.1. The Labute approximate surface area is 203 Å². The summed E-state index contributed by atoms with van der Waals surface area (Å²) in [6, 6.07) is 13.8. The molecule has 2 aromatic carbocycles. The molecule has 0 radical (unpaired) electrons. The van der Waals surface area contributed by atoms with Gasteiger partial charge >= 0.3 is 6.03 Å². The number of benzene rings is 2. The third kappa shape index (κ3) is 6.63. The summed E-state index contributed by atoms with van der Waals surface area (Å²) in [6.07, 6.45) is 0.606. The van der Waals surface area contributed by atoms with E-state index in [1.807, 2.05) is 62.5 Å². The Morgan fingerprint density at radius 3 is 2.41 bits per heavy atom. The van der Waals surface area contributed by atoms with Crippen molar-refractivity contribution in [3.05, 3.63) is 87.6 Å². The number of urea groups is 1. The van der Waals surface area contributed by atoms with Gasteiger partial charge in [0, 0.05) is 23.5 Å². The highest BCUT2D eigenvalue weighted by molar-refractivity contribution is 7.10. The molecule has 3 aromatic rings. The highest BCUT2D eigenvalue weighted by Crippen LogP contribution is 2.21. The zero-order valence-corrected chi connectivity index (χ0v) is 20.4. The van der Waals surface area contributed by atoms with E-state index in [0.29, 0.717) is 25.6 Å². The van der Waals surface area contributed by atoms with Crippen LogP contribution < -0.4 is 5.32 Å². The molecule has 0 saturated carbocycles. The molecule has 0 bridgehead atoms. The van der Waals surface area contributed by atoms with Crippen LogP contribution in [0.4, 0.5) is 19.3 Å². The molecule has 5 nitrogen and oxygen atoms in total. The Morgan fingerprint density at radius 1 is 1.06 bits per heavy atom. The predicted molar refractivity (Wildman–Crippen MR) is 132 cm³/mol. The number of anilines is 1. The van der Waals surface area contributed by atoms with Gasteiger partial charge in [0.05, 0.1) is 12.2 Å². The van der Waals surface area contributed by atoms with Crippen LogP contribution in [0.5, 0.6) is 0 Å². The van der Waals surface area contributed by atoms with Gasteiger partial charge in [0.15, 0.2) is 0 Å². The van der Waals surface area contributed by atoms with Crippen molar-refractivity contribution in [1.82, 2.24) is 9.80 Å². The molecule has 1 atom stereocenters. The van der Waals surface area contributed by atoms with E-state index in [2.05, 4.69) is 5.32 Å². The summed E-state index contributed by atoms with van der Waals surface area (Å²) in [5.74, 6) is -1.82. The summed E-state index contributed by atoms with van der Waals surface area (Å²) in [7, 11) is 0. The summed E-state index contributed by atoms with van der Waals surface area (Å²) in [5.41, 5.74) is 1.96. The number of hydrogen-bond donors (Lipinski definition) is 1. The lowest BCUT2D eigenvalue weighted by atomic mass is 10.2. The highest BCUT2D eigenvalue weighted by Gasteiger charge is 2.26. The summed E-state index contributed by atoms with van der Waals surface area (Å²) in [4.78, 5) is 30.7. The van der Waals surface area contributed by atoms with Crippen molar-refractivity contribution in [2.75, 3.05) is 11.9 Å². The summed E-state index contributed by atoms with van der Waals surface area (Å²) >= 11 is 1.59. The number of halogens is 2. The first-order chi connectivity index (χ1) is 16.3. The molecule has 1 N–H and O–H groups in total. The van der Waals surface area contributed by atoms with Crippen LogP contribution in [0.3, 0.4) is 0 Å². The van der Waals surface area contributed by atoms with E-state index in [1.165, 1.54) is 11.0 Å². The molecular formula is C26H29F2N3O2S. The Balaban J connectivity index is 1.80. The average molecular weight is 486 g/mol. The van der Waals surface area contributed by atoms with Crippen LogP contribution in [0, 0.1) is 18.6 Å². The van der Waals surface area contributed by atoms with E-state index in [9.17, 15) is 18.4 Å². The van der Waals surface area contributed by atoms with Crippen molar-refractivity contribution in [1.29, 1.82) is 0 Å². The third-order valence-corrected chi connectivity index (χ3v) is 6.74. The Hall–Kier alpha value is -3.26. The number of aryl methyl sites for hydroxylation is 1. The minimum Gasteiger partial charge on any atom is -0.332 e. The molecule has 8 heteroatoms. The second-order valence-corrected chi connectivity index (χ2v) is 9.20. The first-order valence-electron chi connectivity index (χ1n) is 11.2. The molecule has 0 aliphatic rings. The van der Waals surface area contributed by atoms with Crippen LogP contribution in [0.2, 0.25) is 0 Å². The average Bonchev–Trinajstić information content (AvgIpc) is 3.23. The number of hydrogen-bond acceptors (Lipinski definition) is 3. The van der Waals surface area contributed by atoms with E-state index >= 15 is 0 Å². The molecule has 0 saturated heterocycles. The van der Waals surface area contributed by atoms with Gasteiger partial charge in [-0.2, -0.15) is 0 Å². The largest absolute Gasteiger partial charge is 0.332 e. The zero-order chi connectivity index (χ0) is 24.7. The summed E-state index contributed by atoms with van der Waals surface area (Å²) < 4.78 is 27.3. The van der Waals surface area contributed by atoms with Gasteiger partial charge in [0.1, 0.15) is 18.2 Å². The molecule has 3 rings (SSSR count). The van der Waals surface area contributed by atoms with Gasteiger partial charge in [-0.3, -0.25) is 4.79 Å². The Kier molecular flexibility index (Phi) is 8.76. The molecule has 0 aliphatic carbocycles. The lowest BCUT2D eigenvalue weighted by molar-refractivity contribution is -0.133. The number of thiophene rings is 1. The van der Waals surface area contributed by atoms with Crippen LogP contribution >= 0.6 is 11.3 Å². The van der Waals surface area contributed by atoms with Crippen LogP contribution in [-0.2, 0) is 17.9 Å². The first-order valence-corrected chi connectivity index (χ1v) is 12.0. The van der Waals surface area contributed by atoms with Crippen molar-refractivity contribution < 1.29 is 18.4 Å². The molecule has 3 amide bonds.